The molecule has 0 bridgehead atoms. The fourth-order valence-corrected chi connectivity index (χ4v) is 2.65. The van der Waals surface area contributed by atoms with Gasteiger partial charge in [-0.05, 0) is 23.6 Å². The summed E-state index contributed by atoms with van der Waals surface area (Å²) in [4.78, 5) is 27.7. The summed E-state index contributed by atoms with van der Waals surface area (Å²) in [7, 11) is 0. The molecule has 0 atom stereocenters. The van der Waals surface area contributed by atoms with Crippen molar-refractivity contribution in [3.63, 3.8) is 0 Å². The monoisotopic (exact) mass is 450 g/mol. The first-order valence-corrected chi connectivity index (χ1v) is 9.57. The quantitative estimate of drug-likeness (QED) is 0.703. The van der Waals surface area contributed by atoms with Crippen LogP contribution in [0.1, 0.15) is 51.4 Å². The lowest BCUT2D eigenvalue weighted by Gasteiger charge is -2.23. The zero-order valence-corrected chi connectivity index (χ0v) is 18.0. The number of nitrogens with zero attached hydrogens (tertiary/aromatic N) is 5. The van der Waals surface area contributed by atoms with Gasteiger partial charge in [0.25, 0.3) is 17.7 Å². The third kappa shape index (κ3) is 5.11. The fraction of sp³-hybridized carbons (Fsp3) is 0.400. The maximum atomic E-state index is 13.4. The Morgan fingerprint density at radius 1 is 1.16 bits per heavy atom. The average molecular weight is 450 g/mol. The first kappa shape index (κ1) is 24.5. The molecule has 1 fully saturated rings. The molecule has 32 heavy (non-hydrogen) atoms. The Morgan fingerprint density at radius 3 is 2.31 bits per heavy atom. The molecule has 2 heterocycles. The van der Waals surface area contributed by atoms with Crippen molar-refractivity contribution < 1.29 is 27.5 Å². The van der Waals surface area contributed by atoms with Crippen LogP contribution in [0.15, 0.2) is 18.2 Å². The summed E-state index contributed by atoms with van der Waals surface area (Å²) in [5.41, 5.74) is -1.37. The maximum Gasteiger partial charge on any atom is 0.440 e. The van der Waals surface area contributed by atoms with E-state index in [1.54, 1.807) is 20.8 Å². The lowest BCUT2D eigenvalue weighted by molar-refractivity contribution is -0.143. The third-order valence-corrected chi connectivity index (χ3v) is 4.08. The van der Waals surface area contributed by atoms with Crippen LogP contribution in [-0.4, -0.2) is 33.7 Å². The zero-order chi connectivity index (χ0) is 24.3. The third-order valence-electron chi connectivity index (χ3n) is 4.08. The summed E-state index contributed by atoms with van der Waals surface area (Å²) in [6, 6.07) is 5.29. The normalized spacial score (nSPS) is 13.8. The number of benzene rings is 1. The molecule has 12 heteroatoms. The average Bonchev–Trinajstić information content (AvgIpc) is 3.06. The number of alkyl halides is 3. The van der Waals surface area contributed by atoms with E-state index in [0.29, 0.717) is 16.0 Å². The van der Waals surface area contributed by atoms with E-state index in [0.717, 1.165) is 0 Å². The molecular weight excluding hydrogens is 429 g/mol. The molecule has 0 radical (unpaired) electrons. The number of anilines is 1. The number of halogens is 3. The SMILES string of the molecule is CC.CC(C)(C)c1cc(C#N)ccc1Oc1nc(N2C(=O)CNC2=O)nnc1C(F)(F)F. The van der Waals surface area contributed by atoms with Gasteiger partial charge in [0, 0.05) is 5.56 Å². The zero-order valence-electron chi connectivity index (χ0n) is 18.0. The van der Waals surface area contributed by atoms with Crippen molar-refractivity contribution in [3.8, 4) is 17.7 Å². The second-order valence-electron chi connectivity index (χ2n) is 7.33. The van der Waals surface area contributed by atoms with Crippen molar-refractivity contribution >= 4 is 17.9 Å². The number of carbonyl (C=O) groups is 2. The highest BCUT2D eigenvalue weighted by Gasteiger charge is 2.41. The highest BCUT2D eigenvalue weighted by Crippen LogP contribution is 2.39. The molecular formula is C20H21F3N6O3. The summed E-state index contributed by atoms with van der Waals surface area (Å²) in [5, 5.41) is 17.7. The van der Waals surface area contributed by atoms with Gasteiger partial charge in [-0.15, -0.1) is 10.2 Å². The summed E-state index contributed by atoms with van der Waals surface area (Å²) in [5.74, 6) is -2.36. The van der Waals surface area contributed by atoms with Crippen LogP contribution in [0.25, 0.3) is 0 Å². The predicted molar refractivity (Wildman–Crippen MR) is 107 cm³/mol. The molecule has 3 rings (SSSR count). The molecule has 170 valence electrons. The van der Waals surface area contributed by atoms with Crippen LogP contribution in [0.3, 0.4) is 0 Å². The van der Waals surface area contributed by atoms with Crippen LogP contribution in [0, 0.1) is 11.3 Å². The van der Waals surface area contributed by atoms with E-state index in [2.05, 4.69) is 20.5 Å². The van der Waals surface area contributed by atoms with Crippen molar-refractivity contribution in [2.24, 2.45) is 0 Å². The molecule has 1 N–H and O–H groups in total. The molecule has 3 amide bonds. The van der Waals surface area contributed by atoms with Gasteiger partial charge in [-0.3, -0.25) is 4.79 Å². The largest absolute Gasteiger partial charge is 0.440 e. The van der Waals surface area contributed by atoms with Crippen LogP contribution >= 0.6 is 0 Å². The minimum atomic E-state index is -4.96. The number of nitriles is 1. The number of rotatable bonds is 3. The number of hydrogen-bond donors (Lipinski definition) is 1. The Morgan fingerprint density at radius 2 is 1.81 bits per heavy atom. The van der Waals surface area contributed by atoms with Gasteiger partial charge >= 0.3 is 12.2 Å². The molecule has 1 saturated heterocycles. The Hall–Kier alpha value is -3.75. The second kappa shape index (κ2) is 9.17. The van der Waals surface area contributed by atoms with Gasteiger partial charge in [0.2, 0.25) is 5.69 Å². The first-order valence-electron chi connectivity index (χ1n) is 9.57. The fourth-order valence-electron chi connectivity index (χ4n) is 2.65. The van der Waals surface area contributed by atoms with Crippen molar-refractivity contribution in [2.45, 2.75) is 46.2 Å². The summed E-state index contributed by atoms with van der Waals surface area (Å²) < 4.78 is 45.8. The highest BCUT2D eigenvalue weighted by molar-refractivity contribution is 6.18. The molecule has 9 nitrogen and oxygen atoms in total. The van der Waals surface area contributed by atoms with Gasteiger partial charge in [-0.1, -0.05) is 34.6 Å². The van der Waals surface area contributed by atoms with Crippen LogP contribution < -0.4 is 15.0 Å². The number of hydrogen-bond acceptors (Lipinski definition) is 7. The van der Waals surface area contributed by atoms with Gasteiger partial charge in [-0.2, -0.15) is 28.3 Å². The lowest BCUT2D eigenvalue weighted by atomic mass is 9.85. The molecule has 1 aromatic carbocycles. The number of carbonyl (C=O) groups excluding carboxylic acids is 2. The van der Waals surface area contributed by atoms with Gasteiger partial charge < -0.3 is 10.1 Å². The Balaban J connectivity index is 0.00000176. The first-order chi connectivity index (χ1) is 14.9. The van der Waals surface area contributed by atoms with Crippen molar-refractivity contribution in [1.29, 1.82) is 5.26 Å². The number of amides is 3. The van der Waals surface area contributed by atoms with Crippen molar-refractivity contribution in [3.05, 3.63) is 35.0 Å². The van der Waals surface area contributed by atoms with Crippen molar-refractivity contribution in [1.82, 2.24) is 20.5 Å². The van der Waals surface area contributed by atoms with Crippen molar-refractivity contribution in [2.75, 3.05) is 11.4 Å². The number of ether oxygens (including phenoxy) is 1. The van der Waals surface area contributed by atoms with E-state index in [9.17, 15) is 22.8 Å². The Kier molecular flexibility index (Phi) is 7.03. The predicted octanol–water partition coefficient (Wildman–Crippen LogP) is 3.93. The maximum absolute atomic E-state index is 13.4. The van der Waals surface area contributed by atoms with E-state index < -0.39 is 41.1 Å². The van der Waals surface area contributed by atoms with E-state index >= 15 is 0 Å². The number of nitrogens with one attached hydrogen (secondary N) is 1. The molecule has 0 saturated carbocycles. The summed E-state index contributed by atoms with van der Waals surface area (Å²) in [6.45, 7) is 9.02. The molecule has 1 aromatic heterocycles. The van der Waals surface area contributed by atoms with E-state index in [4.69, 9.17) is 10.00 Å². The Bertz CT molecular complexity index is 1060. The highest BCUT2D eigenvalue weighted by atomic mass is 19.4. The molecule has 0 aliphatic carbocycles. The van der Waals surface area contributed by atoms with Crippen LogP contribution in [0.4, 0.5) is 23.9 Å². The summed E-state index contributed by atoms with van der Waals surface area (Å²) in [6.07, 6.45) is -4.96. The van der Waals surface area contributed by atoms with Crippen LogP contribution in [0.5, 0.6) is 11.6 Å². The van der Waals surface area contributed by atoms with Gasteiger partial charge in [-0.25, -0.2) is 4.79 Å². The number of aromatic nitrogens is 3. The molecule has 1 aliphatic heterocycles. The standard InChI is InChI=1S/C18H15F3N6O3.C2H6/c1-17(2,3)10-6-9(7-22)4-5-11(10)30-14-13(18(19,20)21)25-26-15(24-14)27-12(28)8-23-16(27)29;1-2/h4-6H,8H2,1-3H3,(H,23,29);1-2H3. The number of imide groups is 1. The van der Waals surface area contributed by atoms with Gasteiger partial charge in [0.15, 0.2) is 0 Å². The van der Waals surface area contributed by atoms with Crippen LogP contribution in [-0.2, 0) is 16.4 Å². The second-order valence-corrected chi connectivity index (χ2v) is 7.33. The molecule has 2 aromatic rings. The van der Waals surface area contributed by atoms with E-state index in [1.807, 2.05) is 19.9 Å². The van der Waals surface area contributed by atoms with E-state index in [-0.39, 0.29) is 12.3 Å². The Labute approximate surface area is 182 Å². The van der Waals surface area contributed by atoms with Crippen LogP contribution in [0.2, 0.25) is 0 Å². The van der Waals surface area contributed by atoms with Gasteiger partial charge in [0.05, 0.1) is 18.2 Å². The minimum Gasteiger partial charge on any atom is -0.437 e. The smallest absolute Gasteiger partial charge is 0.437 e. The summed E-state index contributed by atoms with van der Waals surface area (Å²) >= 11 is 0. The lowest BCUT2D eigenvalue weighted by Crippen LogP contribution is -2.33. The molecule has 0 unspecified atom stereocenters. The van der Waals surface area contributed by atoms with E-state index in [1.165, 1.54) is 18.2 Å². The number of urea groups is 1. The van der Waals surface area contributed by atoms with Gasteiger partial charge in [0.1, 0.15) is 5.75 Å². The molecule has 0 spiro atoms. The molecule has 1 aliphatic rings. The minimum absolute atomic E-state index is 0.00986. The topological polar surface area (TPSA) is 121 Å².